The van der Waals surface area contributed by atoms with Gasteiger partial charge in [0.25, 0.3) is 0 Å². The first kappa shape index (κ1) is 13.7. The van der Waals surface area contributed by atoms with Gasteiger partial charge in [-0.05, 0) is 12.8 Å². The van der Waals surface area contributed by atoms with Gasteiger partial charge in [-0.2, -0.15) is 0 Å². The molecule has 0 N–H and O–H groups in total. The minimum Gasteiger partial charge on any atom is -0.374 e. The predicted octanol–water partition coefficient (Wildman–Crippen LogP) is 3.74. The van der Waals surface area contributed by atoms with Crippen LogP contribution in [0.15, 0.2) is 38.0 Å². The molecule has 0 aromatic heterocycles. The molecule has 90 valence electrons. The third-order valence-corrected chi connectivity index (χ3v) is 7.44. The van der Waals surface area contributed by atoms with Crippen molar-refractivity contribution in [2.75, 3.05) is 31.3 Å². The molecule has 0 amide bonds. The van der Waals surface area contributed by atoms with Crippen molar-refractivity contribution in [2.45, 2.75) is 18.9 Å². The molecule has 1 atom stereocenters. The Kier molecular flexibility index (Phi) is 6.01. The van der Waals surface area contributed by atoms with E-state index in [1.165, 1.54) is 19.0 Å². The monoisotopic (exact) mass is 239 g/mol. The van der Waals surface area contributed by atoms with Crippen LogP contribution in [-0.4, -0.2) is 37.4 Å². The highest BCUT2D eigenvalue weighted by atomic mass is 31.2. The first-order valence-corrected chi connectivity index (χ1v) is 8.59. The standard InChI is InChI=1S/C14H24OP/c1-4-10-16(11-5-2,12-6-3)13-14-8-7-9-15-14/h4-6,14H,1-3,7-13H2/q+1. The zero-order valence-electron chi connectivity index (χ0n) is 10.2. The zero-order valence-corrected chi connectivity index (χ0v) is 11.1. The second kappa shape index (κ2) is 7.04. The quantitative estimate of drug-likeness (QED) is 0.463. The van der Waals surface area contributed by atoms with E-state index in [1.54, 1.807) is 0 Å². The summed E-state index contributed by atoms with van der Waals surface area (Å²) in [6.07, 6.45) is 13.7. The molecule has 0 aromatic carbocycles. The van der Waals surface area contributed by atoms with Gasteiger partial charge in [-0.3, -0.25) is 0 Å². The first-order valence-electron chi connectivity index (χ1n) is 6.06. The van der Waals surface area contributed by atoms with Gasteiger partial charge in [-0.25, -0.2) is 0 Å². The Hall–Kier alpha value is -0.390. The van der Waals surface area contributed by atoms with E-state index in [-0.39, 0.29) is 0 Å². The van der Waals surface area contributed by atoms with Gasteiger partial charge in [0.15, 0.2) is 0 Å². The average molecular weight is 239 g/mol. The molecule has 1 aliphatic heterocycles. The molecule has 1 fully saturated rings. The van der Waals surface area contributed by atoms with Crippen molar-refractivity contribution < 1.29 is 4.74 Å². The smallest absolute Gasteiger partial charge is 0.0910 e. The van der Waals surface area contributed by atoms with Gasteiger partial charge in [0.2, 0.25) is 0 Å². The molecule has 1 aliphatic rings. The van der Waals surface area contributed by atoms with Crippen molar-refractivity contribution in [1.82, 2.24) is 0 Å². The molecule has 16 heavy (non-hydrogen) atoms. The summed E-state index contributed by atoms with van der Waals surface area (Å²) < 4.78 is 5.77. The van der Waals surface area contributed by atoms with E-state index in [4.69, 9.17) is 4.74 Å². The summed E-state index contributed by atoms with van der Waals surface area (Å²) in [4.78, 5) is 0. The fourth-order valence-corrected chi connectivity index (χ4v) is 6.18. The molecule has 0 spiro atoms. The lowest BCUT2D eigenvalue weighted by Crippen LogP contribution is -2.19. The summed E-state index contributed by atoms with van der Waals surface area (Å²) >= 11 is 0. The van der Waals surface area contributed by atoms with E-state index in [9.17, 15) is 0 Å². The van der Waals surface area contributed by atoms with Crippen LogP contribution in [0.25, 0.3) is 0 Å². The summed E-state index contributed by atoms with van der Waals surface area (Å²) in [7, 11) is -1.02. The molecular formula is C14H24OP+. The van der Waals surface area contributed by atoms with Gasteiger partial charge in [0.1, 0.15) is 0 Å². The van der Waals surface area contributed by atoms with E-state index < -0.39 is 7.26 Å². The van der Waals surface area contributed by atoms with E-state index in [0.29, 0.717) is 6.10 Å². The van der Waals surface area contributed by atoms with Crippen LogP contribution in [0.5, 0.6) is 0 Å². The molecule has 1 heterocycles. The van der Waals surface area contributed by atoms with Crippen LogP contribution in [0.1, 0.15) is 12.8 Å². The van der Waals surface area contributed by atoms with E-state index in [1.807, 2.05) is 0 Å². The van der Waals surface area contributed by atoms with Crippen molar-refractivity contribution in [2.24, 2.45) is 0 Å². The Labute approximate surface area is 101 Å². The van der Waals surface area contributed by atoms with Crippen molar-refractivity contribution in [3.05, 3.63) is 38.0 Å². The third-order valence-electron chi connectivity index (χ3n) is 3.16. The molecule has 2 heteroatoms. The molecular weight excluding hydrogens is 215 g/mol. The molecule has 1 rings (SSSR count). The Balaban J connectivity index is 2.67. The van der Waals surface area contributed by atoms with Gasteiger partial charge >= 0.3 is 0 Å². The fourth-order valence-electron chi connectivity index (χ4n) is 2.49. The van der Waals surface area contributed by atoms with Gasteiger partial charge in [0.05, 0.1) is 30.8 Å². The lowest BCUT2D eigenvalue weighted by molar-refractivity contribution is 0.127. The summed E-state index contributed by atoms with van der Waals surface area (Å²) in [6, 6.07) is 0. The number of rotatable bonds is 8. The highest BCUT2D eigenvalue weighted by Crippen LogP contribution is 2.60. The van der Waals surface area contributed by atoms with Crippen molar-refractivity contribution in [1.29, 1.82) is 0 Å². The van der Waals surface area contributed by atoms with Crippen LogP contribution in [0, 0.1) is 0 Å². The second-order valence-corrected chi connectivity index (χ2v) is 8.72. The maximum Gasteiger partial charge on any atom is 0.0910 e. The Morgan fingerprint density at radius 1 is 1.06 bits per heavy atom. The van der Waals surface area contributed by atoms with Gasteiger partial charge in [0, 0.05) is 13.9 Å². The van der Waals surface area contributed by atoms with Crippen LogP contribution >= 0.6 is 7.26 Å². The SMILES string of the molecule is C=CC[P+](CC=C)(CC=C)CC1CCCO1. The number of hydrogen-bond acceptors (Lipinski definition) is 1. The van der Waals surface area contributed by atoms with Crippen LogP contribution in [0.4, 0.5) is 0 Å². The minimum atomic E-state index is -1.02. The minimum absolute atomic E-state index is 0.480. The summed E-state index contributed by atoms with van der Waals surface area (Å²) in [5, 5.41) is 0. The first-order chi connectivity index (χ1) is 7.76. The largest absolute Gasteiger partial charge is 0.374 e. The third kappa shape index (κ3) is 3.88. The molecule has 0 radical (unpaired) electrons. The van der Waals surface area contributed by atoms with Crippen molar-refractivity contribution in [3.8, 4) is 0 Å². The zero-order chi connectivity index (χ0) is 11.9. The summed E-state index contributed by atoms with van der Waals surface area (Å²) in [6.45, 7) is 12.7. The molecule has 1 nitrogen and oxygen atoms in total. The number of ether oxygens (including phenoxy) is 1. The highest BCUT2D eigenvalue weighted by molar-refractivity contribution is 7.76. The van der Waals surface area contributed by atoms with Crippen molar-refractivity contribution >= 4 is 7.26 Å². The Bertz CT molecular complexity index is 215. The topological polar surface area (TPSA) is 9.23 Å². The van der Waals surface area contributed by atoms with E-state index in [2.05, 4.69) is 38.0 Å². The lowest BCUT2D eigenvalue weighted by atomic mass is 10.3. The lowest BCUT2D eigenvalue weighted by Gasteiger charge is -2.26. The normalized spacial score (nSPS) is 20.6. The van der Waals surface area contributed by atoms with Gasteiger partial charge in [-0.1, -0.05) is 38.0 Å². The molecule has 0 aromatic rings. The maximum atomic E-state index is 5.77. The Morgan fingerprint density at radius 2 is 1.62 bits per heavy atom. The molecule has 1 unspecified atom stereocenters. The molecule has 1 saturated heterocycles. The fraction of sp³-hybridized carbons (Fsp3) is 0.571. The van der Waals surface area contributed by atoms with E-state index >= 15 is 0 Å². The van der Waals surface area contributed by atoms with Crippen LogP contribution < -0.4 is 0 Å². The van der Waals surface area contributed by atoms with Crippen molar-refractivity contribution in [3.63, 3.8) is 0 Å². The number of hydrogen-bond donors (Lipinski definition) is 0. The van der Waals surface area contributed by atoms with Crippen LogP contribution in [0.2, 0.25) is 0 Å². The second-order valence-electron chi connectivity index (χ2n) is 4.57. The molecule has 0 bridgehead atoms. The van der Waals surface area contributed by atoms with Gasteiger partial charge < -0.3 is 4.74 Å². The highest BCUT2D eigenvalue weighted by Gasteiger charge is 2.37. The van der Waals surface area contributed by atoms with E-state index in [0.717, 1.165) is 25.1 Å². The number of allylic oxidation sites excluding steroid dienone is 3. The average Bonchev–Trinajstić information content (AvgIpc) is 2.71. The Morgan fingerprint density at radius 3 is 2.00 bits per heavy atom. The van der Waals surface area contributed by atoms with Crippen LogP contribution in [-0.2, 0) is 4.74 Å². The predicted molar refractivity (Wildman–Crippen MR) is 76.0 cm³/mol. The van der Waals surface area contributed by atoms with Crippen LogP contribution in [0.3, 0.4) is 0 Å². The van der Waals surface area contributed by atoms with Gasteiger partial charge in [-0.15, -0.1) is 0 Å². The molecule has 0 saturated carbocycles. The molecule has 0 aliphatic carbocycles. The summed E-state index contributed by atoms with van der Waals surface area (Å²) in [5.41, 5.74) is 0. The maximum absolute atomic E-state index is 5.77. The summed E-state index contributed by atoms with van der Waals surface area (Å²) in [5.74, 6) is 0.